The number of sulfone groups is 1. The van der Waals surface area contributed by atoms with E-state index in [0.29, 0.717) is 6.07 Å². The number of imide groups is 1. The molecule has 2 rings (SSSR count). The van der Waals surface area contributed by atoms with Crippen molar-refractivity contribution >= 4 is 73.9 Å². The lowest BCUT2D eigenvalue weighted by Crippen LogP contribution is -2.36. The van der Waals surface area contributed by atoms with Gasteiger partial charge in [-0.05, 0) is 24.3 Å². The third-order valence-electron chi connectivity index (χ3n) is 3.52. The third kappa shape index (κ3) is 4.94. The van der Waals surface area contributed by atoms with Crippen LogP contribution in [0.1, 0.15) is 10.4 Å². The van der Waals surface area contributed by atoms with Crippen LogP contribution < -0.4 is 10.6 Å². The molecule has 3 amide bonds. The number of hydrogen-bond donors (Lipinski definition) is 2. The lowest BCUT2D eigenvalue weighted by Gasteiger charge is -2.18. The highest BCUT2D eigenvalue weighted by atomic mass is 35.5. The molecule has 0 fully saturated rings. The van der Waals surface area contributed by atoms with Crippen molar-refractivity contribution in [2.45, 2.75) is 15.8 Å². The van der Waals surface area contributed by atoms with Gasteiger partial charge in [0.1, 0.15) is 0 Å². The van der Waals surface area contributed by atoms with Crippen molar-refractivity contribution in [1.29, 1.82) is 0 Å². The van der Waals surface area contributed by atoms with Gasteiger partial charge in [0.25, 0.3) is 11.5 Å². The molecule has 1 unspecified atom stereocenters. The number of carbonyl (C=O) groups excluding carboxylic acids is 2. The first-order chi connectivity index (χ1) is 13.8. The maximum Gasteiger partial charge on any atom is 0.393 e. The van der Waals surface area contributed by atoms with Gasteiger partial charge < -0.3 is 5.32 Å². The van der Waals surface area contributed by atoms with E-state index in [0.717, 1.165) is 6.07 Å². The molecule has 30 heavy (non-hydrogen) atoms. The monoisotopic (exact) mass is 522 g/mol. The van der Waals surface area contributed by atoms with Gasteiger partial charge in [-0.15, -0.1) is 0 Å². The molecular formula is C16H9Cl4F3N2O4S. The van der Waals surface area contributed by atoms with Crippen LogP contribution in [0.25, 0.3) is 0 Å². The Morgan fingerprint density at radius 3 is 2.17 bits per heavy atom. The zero-order valence-electron chi connectivity index (χ0n) is 14.2. The normalized spacial score (nSPS) is 12.9. The van der Waals surface area contributed by atoms with Gasteiger partial charge in [-0.2, -0.15) is 8.78 Å². The largest absolute Gasteiger partial charge is 0.393 e. The summed E-state index contributed by atoms with van der Waals surface area (Å²) in [7, 11) is -5.65. The van der Waals surface area contributed by atoms with Crippen LogP contribution >= 0.6 is 46.4 Å². The van der Waals surface area contributed by atoms with Gasteiger partial charge in [-0.25, -0.2) is 17.6 Å². The van der Waals surface area contributed by atoms with E-state index in [1.807, 2.05) is 5.32 Å². The van der Waals surface area contributed by atoms with Gasteiger partial charge in [-0.3, -0.25) is 10.1 Å². The minimum absolute atomic E-state index is 0.0102. The van der Waals surface area contributed by atoms with Crippen molar-refractivity contribution in [2.75, 3.05) is 5.32 Å². The van der Waals surface area contributed by atoms with Crippen LogP contribution in [-0.2, 0) is 9.84 Å². The Balaban J connectivity index is 2.27. The molecule has 0 aromatic heterocycles. The van der Waals surface area contributed by atoms with E-state index >= 15 is 0 Å². The number of alkyl halides is 4. The van der Waals surface area contributed by atoms with Crippen LogP contribution in [0.15, 0.2) is 41.3 Å². The molecule has 0 saturated carbocycles. The van der Waals surface area contributed by atoms with E-state index in [2.05, 4.69) is 16.9 Å². The number of nitrogens with one attached hydrogen (secondary N) is 2. The molecule has 0 saturated heterocycles. The number of benzene rings is 2. The fraction of sp³-hybridized carbons (Fsp3) is 0.125. The number of halogens is 7. The number of carbonyl (C=O) groups is 2. The molecule has 0 radical (unpaired) electrons. The van der Waals surface area contributed by atoms with E-state index in [4.69, 9.17) is 34.8 Å². The summed E-state index contributed by atoms with van der Waals surface area (Å²) in [6, 6.07) is 5.95. The van der Waals surface area contributed by atoms with Crippen molar-refractivity contribution in [2.24, 2.45) is 0 Å². The summed E-state index contributed by atoms with van der Waals surface area (Å²) in [5.41, 5.74) is -3.88. The standard InChI is InChI=1S/C16H9Cl4F3N2O4S/c17-8-4-2-1-3-7(8)13(26)25-15(27)24-11-5-10(19)12(6-9(11)18)30(28,29)16(22,23)14(20)21/h1-6,14H,(H2,24,25,26,27). The molecule has 2 aromatic carbocycles. The zero-order valence-corrected chi connectivity index (χ0v) is 18.1. The van der Waals surface area contributed by atoms with E-state index in [1.54, 1.807) is 6.07 Å². The lowest BCUT2D eigenvalue weighted by molar-refractivity contribution is 0.0423. The van der Waals surface area contributed by atoms with Gasteiger partial charge in [0.2, 0.25) is 9.84 Å². The zero-order chi connectivity index (χ0) is 22.9. The summed E-state index contributed by atoms with van der Waals surface area (Å²) in [6.45, 7) is 0. The van der Waals surface area contributed by atoms with E-state index < -0.39 is 47.6 Å². The van der Waals surface area contributed by atoms with Crippen molar-refractivity contribution in [3.63, 3.8) is 0 Å². The van der Waals surface area contributed by atoms with Gasteiger partial charge in [0.15, 0.2) is 0 Å². The van der Waals surface area contributed by atoms with Crippen molar-refractivity contribution in [3.05, 3.63) is 57.0 Å². The SMILES string of the molecule is O=C(NC(=O)c1ccccc1Cl)Nc1cc(Cl)c(S(=O)(=O)C(F)(F)C(F)Cl)cc1Cl. The molecule has 0 aliphatic carbocycles. The van der Waals surface area contributed by atoms with Crippen molar-refractivity contribution < 1.29 is 31.2 Å². The predicted molar refractivity (Wildman–Crippen MR) is 107 cm³/mol. The number of urea groups is 1. The lowest BCUT2D eigenvalue weighted by atomic mass is 10.2. The maximum absolute atomic E-state index is 13.6. The molecule has 6 nitrogen and oxygen atoms in total. The fourth-order valence-electron chi connectivity index (χ4n) is 2.06. The Hall–Kier alpha value is -1.72. The van der Waals surface area contributed by atoms with Gasteiger partial charge in [0, 0.05) is 0 Å². The average Bonchev–Trinajstić information content (AvgIpc) is 2.64. The Morgan fingerprint density at radius 1 is 1.00 bits per heavy atom. The average molecular weight is 524 g/mol. The second-order valence-corrected chi connectivity index (χ2v) is 9.11. The number of anilines is 1. The van der Waals surface area contributed by atoms with Gasteiger partial charge in [0.05, 0.1) is 31.2 Å². The number of hydrogen-bond acceptors (Lipinski definition) is 4. The molecule has 0 spiro atoms. The smallest absolute Gasteiger partial charge is 0.306 e. The minimum Gasteiger partial charge on any atom is -0.306 e. The first-order valence-electron chi connectivity index (χ1n) is 7.55. The molecule has 14 heteroatoms. The predicted octanol–water partition coefficient (Wildman–Crippen LogP) is 5.51. The Kier molecular flexibility index (Phi) is 7.52. The summed E-state index contributed by atoms with van der Waals surface area (Å²) in [5, 5.41) is -2.23. The van der Waals surface area contributed by atoms with E-state index in [-0.39, 0.29) is 16.3 Å². The Labute approximate surface area is 188 Å². The molecule has 162 valence electrons. The molecule has 0 aliphatic rings. The molecule has 0 aliphatic heterocycles. The quantitative estimate of drug-likeness (QED) is 0.505. The maximum atomic E-state index is 13.6. The minimum atomic E-state index is -5.65. The van der Waals surface area contributed by atoms with Gasteiger partial charge in [-0.1, -0.05) is 58.5 Å². The number of rotatable bonds is 5. The topological polar surface area (TPSA) is 92.3 Å². The van der Waals surface area contributed by atoms with Crippen LogP contribution in [0.2, 0.25) is 15.1 Å². The molecular weight excluding hydrogens is 515 g/mol. The third-order valence-corrected chi connectivity index (χ3v) is 6.83. The van der Waals surface area contributed by atoms with Crippen LogP contribution in [0.4, 0.5) is 23.7 Å². The Bertz CT molecular complexity index is 1110. The molecule has 0 bridgehead atoms. The molecule has 0 heterocycles. The second kappa shape index (κ2) is 9.19. The Morgan fingerprint density at radius 2 is 1.60 bits per heavy atom. The summed E-state index contributed by atoms with van der Waals surface area (Å²) in [6.07, 6.45) is 0. The highest BCUT2D eigenvalue weighted by molar-refractivity contribution is 7.92. The molecule has 2 N–H and O–H groups in total. The van der Waals surface area contributed by atoms with Crippen LogP contribution in [-0.4, -0.2) is 31.2 Å². The van der Waals surface area contributed by atoms with Crippen LogP contribution in [0, 0.1) is 0 Å². The first kappa shape index (κ1) is 24.5. The summed E-state index contributed by atoms with van der Waals surface area (Å²) < 4.78 is 64.1. The molecule has 1 atom stereocenters. The van der Waals surface area contributed by atoms with E-state index in [1.165, 1.54) is 18.2 Å². The number of amides is 3. The van der Waals surface area contributed by atoms with Crippen LogP contribution in [0.3, 0.4) is 0 Å². The summed E-state index contributed by atoms with van der Waals surface area (Å²) in [5.74, 6) is -0.866. The van der Waals surface area contributed by atoms with Crippen molar-refractivity contribution in [1.82, 2.24) is 5.32 Å². The van der Waals surface area contributed by atoms with Crippen LogP contribution in [0.5, 0.6) is 0 Å². The summed E-state index contributed by atoms with van der Waals surface area (Å²) in [4.78, 5) is 22.9. The molecule has 2 aromatic rings. The highest BCUT2D eigenvalue weighted by Crippen LogP contribution is 2.41. The van der Waals surface area contributed by atoms with Gasteiger partial charge >= 0.3 is 11.3 Å². The highest BCUT2D eigenvalue weighted by Gasteiger charge is 2.54. The second-order valence-electron chi connectivity index (χ2n) is 5.52. The van der Waals surface area contributed by atoms with Crippen molar-refractivity contribution in [3.8, 4) is 0 Å². The fourth-order valence-corrected chi connectivity index (χ4v) is 4.50. The van der Waals surface area contributed by atoms with E-state index in [9.17, 15) is 31.2 Å². The summed E-state index contributed by atoms with van der Waals surface area (Å²) >= 11 is 22.0. The first-order valence-corrected chi connectivity index (χ1v) is 10.6.